The van der Waals surface area contributed by atoms with Gasteiger partial charge in [-0.2, -0.15) is 0 Å². The Labute approximate surface area is 212 Å². The van der Waals surface area contributed by atoms with E-state index in [2.05, 4.69) is 32.5 Å². The van der Waals surface area contributed by atoms with Gasteiger partial charge in [0.15, 0.2) is 5.84 Å². The molecule has 2 aliphatic rings. The highest BCUT2D eigenvalue weighted by molar-refractivity contribution is 9.10. The Morgan fingerprint density at radius 1 is 1.41 bits per heavy atom. The van der Waals surface area contributed by atoms with Crippen LogP contribution in [0.3, 0.4) is 0 Å². The monoisotopic (exact) mass is 555 g/mol. The molecule has 0 unspecified atom stereocenters. The van der Waals surface area contributed by atoms with Crippen molar-refractivity contribution in [1.82, 2.24) is 9.80 Å². The number of carbonyl (C=O) groups is 2. The summed E-state index contributed by atoms with van der Waals surface area (Å²) in [5, 5.41) is 2.43. The Hall–Kier alpha value is -2.50. The molecule has 0 radical (unpaired) electrons. The second-order valence-corrected chi connectivity index (χ2v) is 8.55. The minimum Gasteiger partial charge on any atom is -0.463 e. The van der Waals surface area contributed by atoms with E-state index in [4.69, 9.17) is 10.5 Å². The first-order chi connectivity index (χ1) is 16.4. The van der Waals surface area contributed by atoms with E-state index in [9.17, 15) is 14.0 Å². The van der Waals surface area contributed by atoms with Gasteiger partial charge in [-0.3, -0.25) is 14.8 Å². The number of piperazine rings is 1. The Kier molecular flexibility index (Phi) is 14.1. The lowest BCUT2D eigenvalue weighted by atomic mass is 10.1. The van der Waals surface area contributed by atoms with E-state index in [1.54, 1.807) is 36.4 Å². The largest absolute Gasteiger partial charge is 0.463 e. The first kappa shape index (κ1) is 29.5. The number of amides is 1. The number of hydrogen-bond acceptors (Lipinski definition) is 8. The topological polar surface area (TPSA) is 101 Å². The molecule has 1 aromatic rings. The summed E-state index contributed by atoms with van der Waals surface area (Å²) in [5.41, 5.74) is 6.11. The number of nitrogens with two attached hydrogens (primary N) is 1. The van der Waals surface area contributed by atoms with Gasteiger partial charge in [-0.1, -0.05) is 47.3 Å². The Morgan fingerprint density at radius 2 is 2.12 bits per heavy atom. The lowest BCUT2D eigenvalue weighted by molar-refractivity contribution is -0.138. The minimum atomic E-state index is -0.380. The third kappa shape index (κ3) is 9.03. The molecular formula is C23H31BrFN5O3S. The van der Waals surface area contributed by atoms with Crippen LogP contribution < -0.4 is 5.73 Å². The van der Waals surface area contributed by atoms with Crippen molar-refractivity contribution in [1.29, 1.82) is 0 Å². The molecule has 1 amide bonds. The smallest absolute Gasteiger partial charge is 0.337 e. The van der Waals surface area contributed by atoms with Crippen molar-refractivity contribution in [2.24, 2.45) is 15.7 Å². The van der Waals surface area contributed by atoms with Crippen LogP contribution in [-0.4, -0.2) is 79.4 Å². The van der Waals surface area contributed by atoms with E-state index in [1.807, 2.05) is 11.8 Å². The molecule has 34 heavy (non-hydrogen) atoms. The number of aliphatic imine (C=N–C) groups is 2. The van der Waals surface area contributed by atoms with Crippen molar-refractivity contribution in [2.45, 2.75) is 13.8 Å². The third-order valence-corrected chi connectivity index (χ3v) is 5.58. The number of amidine groups is 1. The van der Waals surface area contributed by atoms with Gasteiger partial charge in [0.25, 0.3) is 0 Å². The molecule has 1 aromatic carbocycles. The van der Waals surface area contributed by atoms with Crippen molar-refractivity contribution >= 4 is 51.0 Å². The van der Waals surface area contributed by atoms with Crippen LogP contribution in [0.5, 0.6) is 0 Å². The molecule has 8 nitrogen and oxygen atoms in total. The Balaban J connectivity index is 0.000000434. The first-order valence-electron chi connectivity index (χ1n) is 10.6. The zero-order valence-electron chi connectivity index (χ0n) is 19.7. The van der Waals surface area contributed by atoms with Crippen molar-refractivity contribution in [2.75, 3.05) is 46.4 Å². The van der Waals surface area contributed by atoms with Crippen LogP contribution in [0, 0.1) is 5.82 Å². The molecule has 2 N–H and O–H groups in total. The van der Waals surface area contributed by atoms with Crippen molar-refractivity contribution in [3.63, 3.8) is 0 Å². The van der Waals surface area contributed by atoms with Crippen LogP contribution in [0.15, 0.2) is 62.0 Å². The van der Waals surface area contributed by atoms with Gasteiger partial charge in [0.05, 0.1) is 31.0 Å². The fraction of sp³-hybridized carbons (Fsp3) is 0.391. The minimum absolute atomic E-state index is 0.209. The molecule has 0 aliphatic carbocycles. The van der Waals surface area contributed by atoms with Gasteiger partial charge < -0.3 is 20.3 Å². The van der Waals surface area contributed by atoms with Gasteiger partial charge in [-0.05, 0) is 37.1 Å². The molecule has 2 aliphatic heterocycles. The molecule has 1 saturated heterocycles. The highest BCUT2D eigenvalue weighted by atomic mass is 79.9. The van der Waals surface area contributed by atoms with E-state index < -0.39 is 0 Å². The van der Waals surface area contributed by atoms with Crippen molar-refractivity contribution in [3.05, 3.63) is 57.8 Å². The lowest BCUT2D eigenvalue weighted by Crippen LogP contribution is -2.51. The predicted molar refractivity (Wildman–Crippen MR) is 140 cm³/mol. The van der Waals surface area contributed by atoms with E-state index in [1.165, 1.54) is 23.9 Å². The molecule has 2 heterocycles. The number of nitrogens with zero attached hydrogens (tertiary/aromatic N) is 4. The summed E-state index contributed by atoms with van der Waals surface area (Å²) in [4.78, 5) is 35.7. The van der Waals surface area contributed by atoms with Gasteiger partial charge in [0.2, 0.25) is 6.41 Å². The van der Waals surface area contributed by atoms with Crippen LogP contribution >= 0.6 is 27.7 Å². The van der Waals surface area contributed by atoms with E-state index >= 15 is 0 Å². The summed E-state index contributed by atoms with van der Waals surface area (Å²) in [6, 6.07) is 6.26. The second-order valence-electron chi connectivity index (χ2n) is 6.67. The maximum atomic E-state index is 12.2. The number of carbonyl (C=O) groups excluding carboxylic acids is 2. The predicted octanol–water partition coefficient (Wildman–Crippen LogP) is 3.45. The molecule has 11 heteroatoms. The van der Waals surface area contributed by atoms with E-state index in [-0.39, 0.29) is 18.3 Å². The summed E-state index contributed by atoms with van der Waals surface area (Å²) in [6.07, 6.45) is 0.797. The molecule has 0 atom stereocenters. The van der Waals surface area contributed by atoms with Crippen molar-refractivity contribution in [3.8, 4) is 0 Å². The number of fused-ring (bicyclic) bond motifs is 1. The molecule has 1 fully saturated rings. The van der Waals surface area contributed by atoms with Crippen LogP contribution in [0.4, 0.5) is 4.39 Å². The fourth-order valence-corrected chi connectivity index (χ4v) is 3.88. The highest BCUT2D eigenvalue weighted by Gasteiger charge is 2.34. The van der Waals surface area contributed by atoms with E-state index in [0.717, 1.165) is 28.2 Å². The van der Waals surface area contributed by atoms with Crippen LogP contribution in [0.2, 0.25) is 0 Å². The number of rotatable bonds is 5. The van der Waals surface area contributed by atoms with Crippen LogP contribution in [0.1, 0.15) is 13.8 Å². The molecule has 0 saturated carbocycles. The summed E-state index contributed by atoms with van der Waals surface area (Å²) in [6.45, 7) is 10.1. The lowest BCUT2D eigenvalue weighted by Gasteiger charge is -2.40. The number of benzene rings is 1. The first-order valence-corrected chi connectivity index (χ1v) is 12.3. The molecule has 186 valence electrons. The van der Waals surface area contributed by atoms with E-state index in [0.29, 0.717) is 37.6 Å². The average molecular weight is 557 g/mol. The molecule has 0 aromatic heterocycles. The number of esters is 1. The Bertz CT molecular complexity index is 922. The zero-order valence-corrected chi connectivity index (χ0v) is 22.1. The van der Waals surface area contributed by atoms with Crippen molar-refractivity contribution < 1.29 is 18.7 Å². The number of thioether (sulfide) groups is 1. The molecule has 0 spiro atoms. The zero-order chi connectivity index (χ0) is 25.5. The van der Waals surface area contributed by atoms with Gasteiger partial charge >= 0.3 is 5.97 Å². The normalized spacial score (nSPS) is 15.1. The van der Waals surface area contributed by atoms with Gasteiger partial charge in [-0.15, -0.1) is 0 Å². The maximum absolute atomic E-state index is 12.2. The highest BCUT2D eigenvalue weighted by Crippen LogP contribution is 2.25. The maximum Gasteiger partial charge on any atom is 0.337 e. The standard InChI is InChI=1S/C15H20N4O3S.C6H4BrF.C2H7N/c1-4-22-15(21)11-8-17-13(14(16-3)23-5-2)19-7-6-18(10-20)9-12(11)19;7-5-2-1-3-6(8)4-5;1-2-3/h5,10H,2,4,6-9H2,1,3H3;1-4H;2-3H2,1H3. The number of hydrogen-bond donors (Lipinski definition) is 1. The van der Waals surface area contributed by atoms with Crippen LogP contribution in [0.25, 0.3) is 0 Å². The molecular weight excluding hydrogens is 525 g/mol. The fourth-order valence-electron chi connectivity index (χ4n) is 2.96. The molecule has 3 rings (SSSR count). The summed E-state index contributed by atoms with van der Waals surface area (Å²) in [5.74, 6) is 0.125. The Morgan fingerprint density at radius 3 is 2.62 bits per heavy atom. The number of ether oxygens (including phenoxy) is 1. The summed E-state index contributed by atoms with van der Waals surface area (Å²) < 4.78 is 18.0. The van der Waals surface area contributed by atoms with Gasteiger partial charge in [-0.25, -0.2) is 9.18 Å². The number of halogens is 2. The SMILES string of the molecule is C=CSC(=NC)C1=NCC(C(=O)OCC)=C2CN(C=O)CCN12.CCN.Fc1cccc(Br)c1. The average Bonchev–Trinajstić information content (AvgIpc) is 2.82. The third-order valence-electron chi connectivity index (χ3n) is 4.33. The summed E-state index contributed by atoms with van der Waals surface area (Å²) in [7, 11) is 1.69. The quantitative estimate of drug-likeness (QED) is 0.258. The second kappa shape index (κ2) is 16.2. The van der Waals surface area contributed by atoms with Crippen LogP contribution in [-0.2, 0) is 14.3 Å². The van der Waals surface area contributed by atoms with Gasteiger partial charge in [0, 0.05) is 24.6 Å². The summed E-state index contributed by atoms with van der Waals surface area (Å²) >= 11 is 4.51. The van der Waals surface area contributed by atoms with Gasteiger partial charge in [0.1, 0.15) is 10.9 Å². The molecule has 0 bridgehead atoms.